The zero-order chi connectivity index (χ0) is 16.1. The molecule has 0 bridgehead atoms. The summed E-state index contributed by atoms with van der Waals surface area (Å²) in [6.07, 6.45) is 0.140. The minimum Gasteiger partial charge on any atom is -0.372 e. The van der Waals surface area contributed by atoms with Crippen LogP contribution in [0.15, 0.2) is 0 Å². The molecule has 2 rings (SSSR count). The van der Waals surface area contributed by atoms with Gasteiger partial charge < -0.3 is 19.9 Å². The van der Waals surface area contributed by atoms with Crippen LogP contribution in [0, 0.1) is 0 Å². The van der Waals surface area contributed by atoms with Gasteiger partial charge in [-0.3, -0.25) is 14.5 Å². The molecule has 7 nitrogen and oxygen atoms in total. The predicted molar refractivity (Wildman–Crippen MR) is 90.8 cm³/mol. The van der Waals surface area contributed by atoms with E-state index < -0.39 is 0 Å². The Hall–Kier alpha value is -0.890. The maximum absolute atomic E-state index is 12.4. The third-order valence-electron chi connectivity index (χ3n) is 4.05. The van der Waals surface area contributed by atoms with Crippen molar-refractivity contribution in [3.05, 3.63) is 0 Å². The largest absolute Gasteiger partial charge is 0.372 e. The van der Waals surface area contributed by atoms with E-state index in [2.05, 4.69) is 5.32 Å². The van der Waals surface area contributed by atoms with E-state index in [-0.39, 0.29) is 43.0 Å². The Kier molecular flexibility index (Phi) is 8.25. The number of nitrogens with one attached hydrogen (secondary N) is 1. The van der Waals surface area contributed by atoms with Crippen molar-refractivity contribution in [3.8, 4) is 0 Å². The minimum absolute atomic E-state index is 0. The summed E-state index contributed by atoms with van der Waals surface area (Å²) in [5.74, 6) is 0.165. The molecule has 2 fully saturated rings. The number of halogens is 1. The number of rotatable bonds is 4. The highest BCUT2D eigenvalue weighted by Gasteiger charge is 2.27. The molecule has 2 atom stereocenters. The highest BCUT2D eigenvalue weighted by molar-refractivity contribution is 5.85. The van der Waals surface area contributed by atoms with Crippen LogP contribution >= 0.6 is 12.4 Å². The van der Waals surface area contributed by atoms with E-state index in [1.165, 1.54) is 0 Å². The molecule has 0 spiro atoms. The van der Waals surface area contributed by atoms with Gasteiger partial charge in [0.25, 0.3) is 0 Å². The number of carbonyl (C=O) groups excluding carboxylic acids is 2. The molecule has 1 N–H and O–H groups in total. The maximum atomic E-state index is 12.4. The Morgan fingerprint density at radius 2 is 1.52 bits per heavy atom. The van der Waals surface area contributed by atoms with Gasteiger partial charge in [0.1, 0.15) is 0 Å². The van der Waals surface area contributed by atoms with E-state index in [0.717, 1.165) is 26.2 Å². The van der Waals surface area contributed by atoms with Crippen LogP contribution in [0.2, 0.25) is 0 Å². The second-order valence-electron chi connectivity index (χ2n) is 6.36. The molecule has 0 radical (unpaired) electrons. The lowest BCUT2D eigenvalue weighted by Crippen LogP contribution is -2.52. The second-order valence-corrected chi connectivity index (χ2v) is 6.36. The summed E-state index contributed by atoms with van der Waals surface area (Å²) in [4.78, 5) is 30.0. The third kappa shape index (κ3) is 6.25. The molecule has 2 heterocycles. The number of nitrogens with zero attached hydrogens (tertiary/aromatic N) is 3. The SMILES string of the molecule is CC1CN(C(=O)CN(C)CC(=O)N2CCNCC2)CC(C)O1.Cl. The van der Waals surface area contributed by atoms with Gasteiger partial charge in [-0.05, 0) is 20.9 Å². The summed E-state index contributed by atoms with van der Waals surface area (Å²) in [6.45, 7) is 8.97. The third-order valence-corrected chi connectivity index (χ3v) is 4.05. The van der Waals surface area contributed by atoms with Gasteiger partial charge in [-0.2, -0.15) is 0 Å². The van der Waals surface area contributed by atoms with Crippen molar-refractivity contribution in [2.75, 3.05) is 59.4 Å². The van der Waals surface area contributed by atoms with Crippen molar-refractivity contribution in [3.63, 3.8) is 0 Å². The minimum atomic E-state index is 0. The van der Waals surface area contributed by atoms with Gasteiger partial charge in [0.2, 0.25) is 11.8 Å². The van der Waals surface area contributed by atoms with Crippen LogP contribution < -0.4 is 5.32 Å². The highest BCUT2D eigenvalue weighted by Crippen LogP contribution is 2.11. The molecule has 2 unspecified atom stereocenters. The normalized spacial score (nSPS) is 25.2. The molecule has 0 aromatic carbocycles. The number of piperazine rings is 1. The molecular weight excluding hydrogens is 320 g/mol. The fourth-order valence-corrected chi connectivity index (χ4v) is 3.01. The second kappa shape index (κ2) is 9.42. The summed E-state index contributed by atoms with van der Waals surface area (Å²) < 4.78 is 5.64. The first-order chi connectivity index (χ1) is 10.5. The van der Waals surface area contributed by atoms with Crippen LogP contribution in [0.3, 0.4) is 0 Å². The number of amides is 2. The fourth-order valence-electron chi connectivity index (χ4n) is 3.01. The first-order valence-corrected chi connectivity index (χ1v) is 8.06. The lowest BCUT2D eigenvalue weighted by molar-refractivity contribution is -0.144. The van der Waals surface area contributed by atoms with E-state index in [9.17, 15) is 9.59 Å². The van der Waals surface area contributed by atoms with Gasteiger partial charge in [-0.15, -0.1) is 12.4 Å². The van der Waals surface area contributed by atoms with Crippen molar-refractivity contribution in [1.82, 2.24) is 20.0 Å². The predicted octanol–water partition coefficient (Wildman–Crippen LogP) is -0.592. The molecule has 2 aliphatic rings. The van der Waals surface area contributed by atoms with Crippen LogP contribution in [0.1, 0.15) is 13.8 Å². The standard InChI is InChI=1S/C15H28N4O3.ClH/c1-12-8-19(9-13(2)22-12)15(21)11-17(3)10-14(20)18-6-4-16-5-7-18;/h12-13,16H,4-11H2,1-3H3;1H. The number of morpholine rings is 1. The van der Waals surface area contributed by atoms with Gasteiger partial charge in [-0.1, -0.05) is 0 Å². The van der Waals surface area contributed by atoms with Crippen LogP contribution in [-0.4, -0.2) is 98.1 Å². The molecule has 134 valence electrons. The summed E-state index contributed by atoms with van der Waals surface area (Å²) in [6, 6.07) is 0. The smallest absolute Gasteiger partial charge is 0.236 e. The molecule has 8 heteroatoms. The van der Waals surface area contributed by atoms with Gasteiger partial charge in [0.15, 0.2) is 0 Å². The number of ether oxygens (including phenoxy) is 1. The maximum Gasteiger partial charge on any atom is 0.236 e. The number of likely N-dealkylation sites (N-methyl/N-ethyl adjacent to an activating group) is 1. The molecule has 23 heavy (non-hydrogen) atoms. The van der Waals surface area contributed by atoms with E-state index in [1.54, 1.807) is 4.90 Å². The van der Waals surface area contributed by atoms with Crippen molar-refractivity contribution < 1.29 is 14.3 Å². The molecular formula is C15H29ClN4O3. The van der Waals surface area contributed by atoms with Crippen molar-refractivity contribution in [2.45, 2.75) is 26.1 Å². The van der Waals surface area contributed by atoms with Crippen molar-refractivity contribution >= 4 is 24.2 Å². The average Bonchev–Trinajstić information content (AvgIpc) is 2.47. The zero-order valence-corrected chi connectivity index (χ0v) is 15.1. The Morgan fingerprint density at radius 1 is 1.04 bits per heavy atom. The van der Waals surface area contributed by atoms with Crippen LogP contribution in [0.25, 0.3) is 0 Å². The summed E-state index contributed by atoms with van der Waals surface area (Å²) >= 11 is 0. The molecule has 0 aromatic rings. The van der Waals surface area contributed by atoms with E-state index in [0.29, 0.717) is 19.6 Å². The number of hydrogen-bond acceptors (Lipinski definition) is 5. The first-order valence-electron chi connectivity index (χ1n) is 8.06. The van der Waals surface area contributed by atoms with E-state index >= 15 is 0 Å². The first kappa shape index (κ1) is 20.2. The van der Waals surface area contributed by atoms with Crippen molar-refractivity contribution in [1.29, 1.82) is 0 Å². The van der Waals surface area contributed by atoms with Gasteiger partial charge >= 0.3 is 0 Å². The van der Waals surface area contributed by atoms with Crippen molar-refractivity contribution in [2.24, 2.45) is 0 Å². The number of carbonyl (C=O) groups is 2. The van der Waals surface area contributed by atoms with Gasteiger partial charge in [0, 0.05) is 39.3 Å². The average molecular weight is 349 g/mol. The van der Waals surface area contributed by atoms with Crippen LogP contribution in [0.4, 0.5) is 0 Å². The topological polar surface area (TPSA) is 65.1 Å². The molecule has 0 aliphatic carbocycles. The Bertz CT molecular complexity index is 394. The quantitative estimate of drug-likeness (QED) is 0.735. The Labute approximate surface area is 144 Å². The molecule has 2 amide bonds. The lowest BCUT2D eigenvalue weighted by atomic mass is 10.2. The fraction of sp³-hybridized carbons (Fsp3) is 0.867. The van der Waals surface area contributed by atoms with Crippen LogP contribution in [0.5, 0.6) is 0 Å². The molecule has 0 aromatic heterocycles. The summed E-state index contributed by atoms with van der Waals surface area (Å²) in [5.41, 5.74) is 0. The molecule has 2 saturated heterocycles. The lowest BCUT2D eigenvalue weighted by Gasteiger charge is -2.36. The van der Waals surface area contributed by atoms with Gasteiger partial charge in [0.05, 0.1) is 25.3 Å². The van der Waals surface area contributed by atoms with Gasteiger partial charge in [-0.25, -0.2) is 0 Å². The molecule has 2 aliphatic heterocycles. The Morgan fingerprint density at radius 3 is 2.04 bits per heavy atom. The zero-order valence-electron chi connectivity index (χ0n) is 14.3. The monoisotopic (exact) mass is 348 g/mol. The van der Waals surface area contributed by atoms with E-state index in [4.69, 9.17) is 4.74 Å². The highest BCUT2D eigenvalue weighted by atomic mass is 35.5. The van der Waals surface area contributed by atoms with Crippen LogP contribution in [-0.2, 0) is 14.3 Å². The number of hydrogen-bond donors (Lipinski definition) is 1. The molecule has 0 saturated carbocycles. The van der Waals surface area contributed by atoms with E-state index in [1.807, 2.05) is 30.7 Å². The summed E-state index contributed by atoms with van der Waals surface area (Å²) in [5, 5.41) is 3.23. The Balaban J connectivity index is 0.00000264. The summed E-state index contributed by atoms with van der Waals surface area (Å²) in [7, 11) is 1.82.